The van der Waals surface area contributed by atoms with Gasteiger partial charge in [-0.25, -0.2) is 4.98 Å². The largest absolute Gasteiger partial charge is 0.496 e. The molecule has 12 nitrogen and oxygen atoms in total. The molecule has 1 amide bonds. The van der Waals surface area contributed by atoms with Crippen molar-refractivity contribution >= 4 is 22.9 Å². The summed E-state index contributed by atoms with van der Waals surface area (Å²) in [6, 6.07) is 3.64. The van der Waals surface area contributed by atoms with E-state index in [0.29, 0.717) is 31.6 Å². The number of aliphatic hydroxyl groups is 1. The van der Waals surface area contributed by atoms with Crippen LogP contribution in [0.2, 0.25) is 0 Å². The van der Waals surface area contributed by atoms with E-state index in [1.807, 2.05) is 17.2 Å². The number of fused-ring (bicyclic) bond motifs is 1. The summed E-state index contributed by atoms with van der Waals surface area (Å²) in [5.41, 5.74) is 0.855. The zero-order valence-electron chi connectivity index (χ0n) is 22.6. The van der Waals surface area contributed by atoms with E-state index >= 15 is 0 Å². The van der Waals surface area contributed by atoms with Crippen LogP contribution in [0.1, 0.15) is 62.1 Å². The molecule has 206 valence electrons. The van der Waals surface area contributed by atoms with E-state index < -0.39 is 17.6 Å². The van der Waals surface area contributed by atoms with Gasteiger partial charge in [-0.3, -0.25) is 4.79 Å². The fraction of sp³-hybridized carbons (Fsp3) is 0.556. The Morgan fingerprint density at radius 2 is 2.10 bits per heavy atom. The van der Waals surface area contributed by atoms with E-state index in [1.54, 1.807) is 34.1 Å². The molecular weight excluding hydrogens is 500 g/mol. The second-order valence-corrected chi connectivity index (χ2v) is 10.9. The summed E-state index contributed by atoms with van der Waals surface area (Å²) in [7, 11) is 1.66. The van der Waals surface area contributed by atoms with Gasteiger partial charge in [-0.1, -0.05) is 0 Å². The van der Waals surface area contributed by atoms with Crippen LogP contribution in [0.25, 0.3) is 11.0 Å². The molecule has 1 saturated heterocycles. The van der Waals surface area contributed by atoms with Crippen LogP contribution in [0.5, 0.6) is 11.8 Å². The number of hydrogen-bond acceptors (Lipinski definition) is 10. The summed E-state index contributed by atoms with van der Waals surface area (Å²) in [5.74, 6) is 0.980. The molecule has 12 heteroatoms. The van der Waals surface area contributed by atoms with Gasteiger partial charge in [0.05, 0.1) is 42.7 Å². The number of nitriles is 1. The first-order valence-electron chi connectivity index (χ1n) is 13.2. The molecule has 0 spiro atoms. The summed E-state index contributed by atoms with van der Waals surface area (Å²) < 4.78 is 11.4. The number of rotatable bonds is 9. The lowest BCUT2D eigenvalue weighted by molar-refractivity contribution is 0.0405. The highest BCUT2D eigenvalue weighted by Crippen LogP contribution is 2.39. The minimum Gasteiger partial charge on any atom is -0.496 e. The molecule has 1 saturated carbocycles. The molecule has 5 rings (SSSR count). The van der Waals surface area contributed by atoms with E-state index in [0.717, 1.165) is 36.0 Å². The average Bonchev–Trinajstić information content (AvgIpc) is 3.57. The van der Waals surface area contributed by atoms with Crippen LogP contribution in [0.4, 0.5) is 5.95 Å². The number of nitrogens with one attached hydrogen (secondary N) is 2. The average molecular weight is 535 g/mol. The highest BCUT2D eigenvalue weighted by molar-refractivity contribution is 5.91. The zero-order valence-corrected chi connectivity index (χ0v) is 22.6. The lowest BCUT2D eigenvalue weighted by Crippen LogP contribution is -2.47. The van der Waals surface area contributed by atoms with Crippen molar-refractivity contribution in [1.82, 2.24) is 30.2 Å². The number of carbonyl (C=O) groups is 1. The zero-order chi connectivity index (χ0) is 27.7. The van der Waals surface area contributed by atoms with Crippen LogP contribution in [0, 0.1) is 23.2 Å². The third-order valence-electron chi connectivity index (χ3n) is 7.73. The quantitative estimate of drug-likeness (QED) is 0.372. The predicted molar refractivity (Wildman–Crippen MR) is 143 cm³/mol. The monoisotopic (exact) mass is 534 g/mol. The van der Waals surface area contributed by atoms with Crippen LogP contribution in [-0.2, 0) is 0 Å². The molecule has 4 heterocycles. The first kappa shape index (κ1) is 26.6. The van der Waals surface area contributed by atoms with Gasteiger partial charge >= 0.3 is 6.01 Å². The van der Waals surface area contributed by atoms with Crippen molar-refractivity contribution in [2.45, 2.75) is 57.6 Å². The number of carbonyl (C=O) groups excluding carboxylic acids is 1. The number of methoxy groups -OCH3 is 1. The summed E-state index contributed by atoms with van der Waals surface area (Å²) in [5, 5.41) is 23.1. The van der Waals surface area contributed by atoms with E-state index in [1.165, 1.54) is 5.56 Å². The molecule has 0 unspecified atom stereocenters. The van der Waals surface area contributed by atoms with Gasteiger partial charge in [0, 0.05) is 31.4 Å². The lowest BCUT2D eigenvalue weighted by Gasteiger charge is -2.32. The molecule has 3 aromatic heterocycles. The Morgan fingerprint density at radius 1 is 1.33 bits per heavy atom. The van der Waals surface area contributed by atoms with Crippen molar-refractivity contribution in [3.8, 4) is 17.8 Å². The van der Waals surface area contributed by atoms with E-state index in [4.69, 9.17) is 14.7 Å². The van der Waals surface area contributed by atoms with E-state index in [2.05, 4.69) is 36.3 Å². The molecule has 3 N–H and O–H groups in total. The van der Waals surface area contributed by atoms with Crippen molar-refractivity contribution in [3.63, 3.8) is 0 Å². The standard InChI is InChI=1S/C27H34N8O4/c1-15(27(2,3)37)31-24(36)23-32-25(34-26(33-23)39-14-18-11-17(18)12-28)35-9-6-16(7-10-35)19-13-30-22-21(19)20(38-4)5-8-29-22/h5,8,13,15-18,37H,6-7,9-11,14H2,1-4H3,(H,29,30)(H,31,36)/t15-,17+,18-/m1/s1. The SMILES string of the molecule is COc1ccnc2[nH]cc(C3CCN(c4nc(OC[C@H]5C[C@H]5C#N)nc(C(=O)N[C@H](C)C(C)(C)O)n4)CC3)c12. The van der Waals surface area contributed by atoms with Crippen molar-refractivity contribution in [2.24, 2.45) is 11.8 Å². The highest BCUT2D eigenvalue weighted by atomic mass is 16.5. The molecular formula is C27H34N8O4. The summed E-state index contributed by atoms with van der Waals surface area (Å²) >= 11 is 0. The molecule has 39 heavy (non-hydrogen) atoms. The fourth-order valence-corrected chi connectivity index (χ4v) is 4.80. The normalized spacial score (nSPS) is 20.4. The Balaban J connectivity index is 1.34. The lowest BCUT2D eigenvalue weighted by atomic mass is 9.89. The molecule has 3 atom stereocenters. The van der Waals surface area contributed by atoms with Gasteiger partial charge in [0.1, 0.15) is 11.4 Å². The van der Waals surface area contributed by atoms with Gasteiger partial charge in [0.25, 0.3) is 5.91 Å². The van der Waals surface area contributed by atoms with Crippen molar-refractivity contribution in [3.05, 3.63) is 29.8 Å². The van der Waals surface area contributed by atoms with E-state index in [9.17, 15) is 9.90 Å². The van der Waals surface area contributed by atoms with Gasteiger partial charge in [-0.05, 0) is 57.6 Å². The van der Waals surface area contributed by atoms with Crippen LogP contribution in [0.3, 0.4) is 0 Å². The smallest absolute Gasteiger partial charge is 0.321 e. The number of hydrogen-bond donors (Lipinski definition) is 3. The molecule has 1 aliphatic heterocycles. The number of amides is 1. The summed E-state index contributed by atoms with van der Waals surface area (Å²) in [6.45, 7) is 6.60. The molecule has 1 aliphatic carbocycles. The van der Waals surface area contributed by atoms with Gasteiger partial charge in [-0.2, -0.15) is 20.2 Å². The Labute approximate surface area is 226 Å². The number of aromatic amines is 1. The number of aromatic nitrogens is 5. The Kier molecular flexibility index (Phi) is 7.27. The van der Waals surface area contributed by atoms with Gasteiger partial charge < -0.3 is 29.8 Å². The molecule has 0 bridgehead atoms. The number of anilines is 1. The number of nitrogens with zero attached hydrogens (tertiary/aromatic N) is 6. The van der Waals surface area contributed by atoms with Crippen molar-refractivity contribution in [1.29, 1.82) is 5.26 Å². The third kappa shape index (κ3) is 5.73. The molecule has 0 aromatic carbocycles. The third-order valence-corrected chi connectivity index (χ3v) is 7.73. The maximum atomic E-state index is 13.0. The number of pyridine rings is 1. The topological polar surface area (TPSA) is 162 Å². The fourth-order valence-electron chi connectivity index (χ4n) is 4.80. The van der Waals surface area contributed by atoms with E-state index in [-0.39, 0.29) is 23.7 Å². The number of H-pyrrole nitrogens is 1. The predicted octanol–water partition coefficient (Wildman–Crippen LogP) is 2.57. The Bertz CT molecular complexity index is 1390. The highest BCUT2D eigenvalue weighted by Gasteiger charge is 2.38. The van der Waals surface area contributed by atoms with Crippen molar-refractivity contribution in [2.75, 3.05) is 31.7 Å². The first-order valence-corrected chi connectivity index (χ1v) is 13.2. The molecule has 2 fully saturated rings. The van der Waals surface area contributed by atoms with Gasteiger partial charge in [0.15, 0.2) is 0 Å². The summed E-state index contributed by atoms with van der Waals surface area (Å²) in [6.07, 6.45) is 6.21. The van der Waals surface area contributed by atoms with Gasteiger partial charge in [-0.15, -0.1) is 0 Å². The number of ether oxygens (including phenoxy) is 2. The van der Waals surface area contributed by atoms with Crippen LogP contribution in [-0.4, -0.2) is 74.4 Å². The molecule has 0 radical (unpaired) electrons. The van der Waals surface area contributed by atoms with Crippen molar-refractivity contribution < 1.29 is 19.4 Å². The first-order chi connectivity index (χ1) is 18.7. The van der Waals surface area contributed by atoms with Crippen LogP contribution >= 0.6 is 0 Å². The Hall–Kier alpha value is -3.98. The maximum absolute atomic E-state index is 13.0. The Morgan fingerprint density at radius 3 is 2.77 bits per heavy atom. The van der Waals surface area contributed by atoms with Gasteiger partial charge in [0.2, 0.25) is 11.8 Å². The minimum absolute atomic E-state index is 0.0147. The second kappa shape index (κ2) is 10.6. The number of piperidine rings is 1. The second-order valence-electron chi connectivity index (χ2n) is 10.9. The molecule has 2 aliphatic rings. The maximum Gasteiger partial charge on any atom is 0.321 e. The summed E-state index contributed by atoms with van der Waals surface area (Å²) in [4.78, 5) is 36.0. The molecule has 3 aromatic rings. The van der Waals surface area contributed by atoms with Crippen LogP contribution < -0.4 is 19.7 Å². The minimum atomic E-state index is -1.12. The van der Waals surface area contributed by atoms with Crippen LogP contribution in [0.15, 0.2) is 18.5 Å².